The first-order valence-corrected chi connectivity index (χ1v) is 11.7. The molecule has 0 aliphatic heterocycles. The molecular weight excluding hydrogens is 442 g/mol. The van der Waals surface area contributed by atoms with Crippen molar-refractivity contribution in [3.05, 3.63) is 59.2 Å². The van der Waals surface area contributed by atoms with E-state index in [1.807, 2.05) is 30.5 Å². The number of anilines is 1. The molecule has 30 heavy (non-hydrogen) atoms. The predicted molar refractivity (Wildman–Crippen MR) is 120 cm³/mol. The van der Waals surface area contributed by atoms with Crippen molar-refractivity contribution in [1.82, 2.24) is 10.2 Å². The van der Waals surface area contributed by atoms with E-state index in [0.29, 0.717) is 27.8 Å². The summed E-state index contributed by atoms with van der Waals surface area (Å²) in [6, 6.07) is 12.6. The second-order valence-corrected chi connectivity index (χ2v) is 8.95. The molecule has 1 aromatic heterocycles. The molecule has 0 saturated heterocycles. The van der Waals surface area contributed by atoms with Crippen LogP contribution in [-0.2, 0) is 10.5 Å². The standard InChI is InChI=1S/C20H19N3O4S3/c1-26-16-10-14(28-3)8-9-15(16)17(24)21-19-22-23-20(30-19)29-11-12-4-6-13(7-5-12)18(25)27-2/h4-10H,11H2,1-3H3,(H,21,22,24). The molecule has 0 atom stereocenters. The zero-order valence-corrected chi connectivity index (χ0v) is 19.0. The summed E-state index contributed by atoms with van der Waals surface area (Å²) in [6.07, 6.45) is 1.96. The highest BCUT2D eigenvalue weighted by Gasteiger charge is 2.15. The maximum atomic E-state index is 12.6. The van der Waals surface area contributed by atoms with Crippen LogP contribution in [0.1, 0.15) is 26.3 Å². The number of nitrogens with zero attached hydrogens (tertiary/aromatic N) is 2. The number of carbonyl (C=O) groups is 2. The maximum Gasteiger partial charge on any atom is 0.337 e. The molecule has 3 rings (SSSR count). The van der Waals surface area contributed by atoms with Gasteiger partial charge in [0.2, 0.25) is 5.13 Å². The Bertz CT molecular complexity index is 1040. The van der Waals surface area contributed by atoms with Gasteiger partial charge in [0.05, 0.1) is 25.3 Å². The number of esters is 1. The second-order valence-electron chi connectivity index (χ2n) is 5.87. The molecule has 0 aliphatic rings. The molecule has 156 valence electrons. The number of nitrogens with one attached hydrogen (secondary N) is 1. The molecule has 0 fully saturated rings. The molecule has 0 unspecified atom stereocenters. The van der Waals surface area contributed by atoms with Gasteiger partial charge in [-0.3, -0.25) is 10.1 Å². The van der Waals surface area contributed by atoms with Crippen molar-refractivity contribution in [3.63, 3.8) is 0 Å². The van der Waals surface area contributed by atoms with Gasteiger partial charge >= 0.3 is 5.97 Å². The van der Waals surface area contributed by atoms with Gasteiger partial charge in [-0.15, -0.1) is 22.0 Å². The Morgan fingerprint density at radius 3 is 2.53 bits per heavy atom. The highest BCUT2D eigenvalue weighted by Crippen LogP contribution is 2.30. The monoisotopic (exact) mass is 461 g/mol. The normalized spacial score (nSPS) is 10.5. The molecular formula is C20H19N3O4S3. The van der Waals surface area contributed by atoms with Gasteiger partial charge in [0.15, 0.2) is 4.34 Å². The van der Waals surface area contributed by atoms with Crippen molar-refractivity contribution in [2.45, 2.75) is 15.0 Å². The summed E-state index contributed by atoms with van der Waals surface area (Å²) in [6.45, 7) is 0. The van der Waals surface area contributed by atoms with E-state index in [1.165, 1.54) is 37.3 Å². The minimum atomic E-state index is -0.363. The molecule has 0 aliphatic carbocycles. The molecule has 1 amide bonds. The molecule has 0 spiro atoms. The number of thioether (sulfide) groups is 2. The molecule has 1 heterocycles. The van der Waals surface area contributed by atoms with Gasteiger partial charge < -0.3 is 9.47 Å². The van der Waals surface area contributed by atoms with Crippen LogP contribution in [0.3, 0.4) is 0 Å². The van der Waals surface area contributed by atoms with Crippen molar-refractivity contribution in [1.29, 1.82) is 0 Å². The number of amides is 1. The van der Waals surface area contributed by atoms with Crippen molar-refractivity contribution in [3.8, 4) is 5.75 Å². The minimum Gasteiger partial charge on any atom is -0.496 e. The molecule has 1 N–H and O–H groups in total. The van der Waals surface area contributed by atoms with Gasteiger partial charge in [-0.25, -0.2) is 4.79 Å². The van der Waals surface area contributed by atoms with E-state index >= 15 is 0 Å². The lowest BCUT2D eigenvalue weighted by Crippen LogP contribution is -2.13. The summed E-state index contributed by atoms with van der Waals surface area (Å²) < 4.78 is 10.8. The second kappa shape index (κ2) is 10.5. The molecule has 0 bridgehead atoms. The Hall–Kier alpha value is -2.56. The van der Waals surface area contributed by atoms with E-state index in [2.05, 4.69) is 15.5 Å². The zero-order valence-electron chi connectivity index (χ0n) is 16.5. The van der Waals surface area contributed by atoms with Gasteiger partial charge in [0, 0.05) is 10.6 Å². The van der Waals surface area contributed by atoms with Gasteiger partial charge in [-0.05, 0) is 42.2 Å². The number of aromatic nitrogens is 2. The lowest BCUT2D eigenvalue weighted by atomic mass is 10.1. The third-order valence-corrected chi connectivity index (χ3v) is 6.79. The Kier molecular flexibility index (Phi) is 7.72. The Balaban J connectivity index is 1.60. The van der Waals surface area contributed by atoms with Crippen molar-refractivity contribution in [2.75, 3.05) is 25.8 Å². The topological polar surface area (TPSA) is 90.4 Å². The Morgan fingerprint density at radius 1 is 1.10 bits per heavy atom. The number of hydrogen-bond acceptors (Lipinski definition) is 9. The van der Waals surface area contributed by atoms with E-state index in [9.17, 15) is 9.59 Å². The number of ether oxygens (including phenoxy) is 2. The summed E-state index contributed by atoms with van der Waals surface area (Å²) in [5, 5.41) is 11.3. The van der Waals surface area contributed by atoms with Crippen LogP contribution >= 0.6 is 34.9 Å². The average molecular weight is 462 g/mol. The van der Waals surface area contributed by atoms with Crippen LogP contribution in [0.15, 0.2) is 51.7 Å². The lowest BCUT2D eigenvalue weighted by molar-refractivity contribution is 0.0600. The summed E-state index contributed by atoms with van der Waals surface area (Å²) in [5.41, 5.74) is 1.98. The number of hydrogen-bond donors (Lipinski definition) is 1. The van der Waals surface area contributed by atoms with Crippen LogP contribution in [-0.4, -0.2) is 42.5 Å². The summed E-state index contributed by atoms with van der Waals surface area (Å²) in [4.78, 5) is 25.1. The highest BCUT2D eigenvalue weighted by molar-refractivity contribution is 8.00. The van der Waals surface area contributed by atoms with E-state index in [0.717, 1.165) is 14.8 Å². The summed E-state index contributed by atoms with van der Waals surface area (Å²) in [5.74, 6) is 0.506. The first-order valence-electron chi connectivity index (χ1n) is 8.71. The molecule has 7 nitrogen and oxygen atoms in total. The van der Waals surface area contributed by atoms with Crippen molar-refractivity contribution in [2.24, 2.45) is 0 Å². The van der Waals surface area contributed by atoms with Crippen LogP contribution in [0.2, 0.25) is 0 Å². The van der Waals surface area contributed by atoms with Crippen LogP contribution in [0, 0.1) is 0 Å². The fraction of sp³-hybridized carbons (Fsp3) is 0.200. The molecule has 3 aromatic rings. The lowest BCUT2D eigenvalue weighted by Gasteiger charge is -2.09. The maximum absolute atomic E-state index is 12.6. The van der Waals surface area contributed by atoms with Gasteiger partial charge in [0.25, 0.3) is 5.91 Å². The van der Waals surface area contributed by atoms with Crippen LogP contribution in [0.5, 0.6) is 5.75 Å². The quantitative estimate of drug-likeness (QED) is 0.296. The van der Waals surface area contributed by atoms with E-state index in [1.54, 1.807) is 30.0 Å². The van der Waals surface area contributed by atoms with Crippen LogP contribution in [0.4, 0.5) is 5.13 Å². The molecule has 0 radical (unpaired) electrons. The number of carbonyl (C=O) groups excluding carboxylic acids is 2. The van der Waals surface area contributed by atoms with Gasteiger partial charge in [-0.2, -0.15) is 0 Å². The average Bonchev–Trinajstić information content (AvgIpc) is 3.24. The first kappa shape index (κ1) is 22.1. The highest BCUT2D eigenvalue weighted by atomic mass is 32.2. The smallest absolute Gasteiger partial charge is 0.337 e. The van der Waals surface area contributed by atoms with Crippen LogP contribution < -0.4 is 10.1 Å². The van der Waals surface area contributed by atoms with E-state index in [4.69, 9.17) is 9.47 Å². The summed E-state index contributed by atoms with van der Waals surface area (Å²) in [7, 11) is 2.89. The SMILES string of the molecule is COC(=O)c1ccc(CSc2nnc(NC(=O)c3ccc(SC)cc3OC)s2)cc1. The number of methoxy groups -OCH3 is 2. The van der Waals surface area contributed by atoms with Crippen molar-refractivity contribution < 1.29 is 19.1 Å². The summed E-state index contributed by atoms with van der Waals surface area (Å²) >= 11 is 4.37. The zero-order chi connectivity index (χ0) is 21.5. The third kappa shape index (κ3) is 5.53. The predicted octanol–water partition coefficient (Wildman–Crippen LogP) is 4.60. The fourth-order valence-corrected chi connectivity index (χ4v) is 4.60. The third-order valence-electron chi connectivity index (χ3n) is 4.02. The van der Waals surface area contributed by atoms with Gasteiger partial charge in [0.1, 0.15) is 5.75 Å². The molecule has 2 aromatic carbocycles. The molecule has 0 saturated carbocycles. The largest absolute Gasteiger partial charge is 0.496 e. The Morgan fingerprint density at radius 2 is 1.87 bits per heavy atom. The number of rotatable bonds is 8. The van der Waals surface area contributed by atoms with Crippen molar-refractivity contribution >= 4 is 51.9 Å². The Labute approximate surface area is 186 Å². The van der Waals surface area contributed by atoms with E-state index in [-0.39, 0.29) is 11.9 Å². The van der Waals surface area contributed by atoms with Crippen LogP contribution in [0.25, 0.3) is 0 Å². The van der Waals surface area contributed by atoms with E-state index < -0.39 is 0 Å². The van der Waals surface area contributed by atoms with Gasteiger partial charge in [-0.1, -0.05) is 35.2 Å². The molecule has 10 heteroatoms. The first-order chi connectivity index (χ1) is 14.5. The number of benzene rings is 2. The fourth-order valence-electron chi connectivity index (χ4n) is 2.47. The minimum absolute atomic E-state index is 0.300.